The van der Waals surface area contributed by atoms with E-state index in [1.807, 2.05) is 19.1 Å². The molecule has 73 heavy (non-hydrogen) atoms. The van der Waals surface area contributed by atoms with E-state index in [1.165, 1.54) is 11.1 Å². The van der Waals surface area contributed by atoms with Gasteiger partial charge in [-0.1, -0.05) is 203 Å². The van der Waals surface area contributed by atoms with E-state index in [0.717, 1.165) is 72.0 Å². The standard InChI is InChI=1S/C64H86O7P2/c1-37-27-26-28-42-51(37)66-73(71-56(42)65)70-55-46(32-41(60(11,12)13)36-50(55)64(23,24)25)45-31-40(59(8,9)10)35-49(63(20,21)22)54(45)69-72-67-52-43(29-38(57(2,3)4)33-47(52)61(14,15)16)44-30-39(58(5,6)7)34-48(53(44)68-72)62(17,18)19/h26-36H,1-25H3. The zero-order valence-corrected chi connectivity index (χ0v) is 50.9. The quantitative estimate of drug-likeness (QED) is 0.159. The first-order chi connectivity index (χ1) is 33.0. The van der Waals surface area contributed by atoms with E-state index >= 15 is 0 Å². The van der Waals surface area contributed by atoms with E-state index in [1.54, 1.807) is 6.07 Å². The molecule has 0 saturated carbocycles. The maximum atomic E-state index is 13.7. The van der Waals surface area contributed by atoms with Crippen molar-refractivity contribution in [2.45, 2.75) is 216 Å². The molecule has 394 valence electrons. The maximum Gasteiger partial charge on any atom is 0.532 e. The molecule has 7 nitrogen and oxygen atoms in total. The first-order valence-electron chi connectivity index (χ1n) is 26.1. The zero-order valence-electron chi connectivity index (χ0n) is 49.1. The summed E-state index contributed by atoms with van der Waals surface area (Å²) in [6, 6.07) is 23.8. The third kappa shape index (κ3) is 11.6. The molecule has 1 aliphatic rings. The molecule has 2 heterocycles. The van der Waals surface area contributed by atoms with Crippen LogP contribution in [0, 0.1) is 6.92 Å². The molecule has 7 rings (SSSR count). The van der Waals surface area contributed by atoms with Crippen LogP contribution < -0.4 is 13.6 Å². The molecule has 0 radical (unpaired) electrons. The van der Waals surface area contributed by atoms with Gasteiger partial charge >= 0.3 is 22.8 Å². The van der Waals surface area contributed by atoms with Gasteiger partial charge in [0, 0.05) is 44.2 Å². The Labute approximate surface area is 441 Å². The van der Waals surface area contributed by atoms with E-state index in [4.69, 9.17) is 26.5 Å². The van der Waals surface area contributed by atoms with E-state index in [9.17, 15) is 4.79 Å². The highest BCUT2D eigenvalue weighted by molar-refractivity contribution is 7.43. The number of carbonyl (C=O) groups excluding carboxylic acids is 1. The minimum Gasteiger partial charge on any atom is -0.407 e. The van der Waals surface area contributed by atoms with Gasteiger partial charge in [-0.15, -0.1) is 0 Å². The molecular weight excluding hydrogens is 943 g/mol. The van der Waals surface area contributed by atoms with Gasteiger partial charge in [0.2, 0.25) is 0 Å². The molecule has 0 fully saturated rings. The Bertz CT molecular complexity index is 3070. The molecule has 0 amide bonds. The van der Waals surface area contributed by atoms with Crippen LogP contribution in [0.1, 0.15) is 227 Å². The Morgan fingerprint density at radius 3 is 1.12 bits per heavy atom. The Hall–Kier alpha value is -4.70. The van der Waals surface area contributed by atoms with Crippen molar-refractivity contribution in [3.8, 4) is 28.4 Å². The molecular formula is C64H86O7P2. The first kappa shape index (κ1) is 56.0. The van der Waals surface area contributed by atoms with E-state index < -0.39 is 33.6 Å². The summed E-state index contributed by atoms with van der Waals surface area (Å²) in [5, 5.41) is 2.00. The lowest BCUT2D eigenvalue weighted by molar-refractivity contribution is 0.0696. The topological polar surface area (TPSA) is 80.3 Å². The fourth-order valence-electron chi connectivity index (χ4n) is 9.21. The molecule has 5 aromatic carbocycles. The van der Waals surface area contributed by atoms with E-state index in [-0.39, 0.29) is 32.5 Å². The van der Waals surface area contributed by atoms with Crippen molar-refractivity contribution in [1.82, 2.24) is 0 Å². The number of aryl methyl sites for hydroxylation is 1. The van der Waals surface area contributed by atoms with Crippen LogP contribution in [0.4, 0.5) is 0 Å². The fourth-order valence-corrected chi connectivity index (χ4v) is 11.4. The largest absolute Gasteiger partial charge is 0.532 e. The number of carbonyl (C=O) groups is 1. The van der Waals surface area contributed by atoms with Crippen LogP contribution in [0.5, 0.6) is 17.2 Å². The predicted octanol–water partition coefficient (Wildman–Crippen LogP) is 20.3. The van der Waals surface area contributed by atoms with E-state index in [0.29, 0.717) is 22.8 Å². The number of hydrogen-bond donors (Lipinski definition) is 0. The van der Waals surface area contributed by atoms with Crippen LogP contribution in [-0.4, -0.2) is 5.97 Å². The van der Waals surface area contributed by atoms with Crippen molar-refractivity contribution < 1.29 is 31.3 Å². The van der Waals surface area contributed by atoms with Gasteiger partial charge in [-0.3, -0.25) is 0 Å². The molecule has 0 N–H and O–H groups in total. The van der Waals surface area contributed by atoms with Gasteiger partial charge in [0.25, 0.3) is 0 Å². The Morgan fingerprint density at radius 2 is 0.753 bits per heavy atom. The van der Waals surface area contributed by atoms with Crippen LogP contribution in [0.3, 0.4) is 0 Å². The summed E-state index contributed by atoms with van der Waals surface area (Å²) in [7, 11) is -4.45. The van der Waals surface area contributed by atoms with Gasteiger partial charge < -0.3 is 26.5 Å². The lowest BCUT2D eigenvalue weighted by atomic mass is 9.75. The number of fused-ring (bicyclic) bond motifs is 4. The van der Waals surface area contributed by atoms with Gasteiger partial charge in [-0.2, -0.15) is 0 Å². The second-order valence-electron chi connectivity index (χ2n) is 28.8. The van der Waals surface area contributed by atoms with Crippen LogP contribution >= 0.6 is 16.8 Å². The average molecular weight is 1030 g/mol. The maximum absolute atomic E-state index is 13.7. The van der Waals surface area contributed by atoms with E-state index in [2.05, 4.69) is 215 Å². The van der Waals surface area contributed by atoms with Gasteiger partial charge in [-0.25, -0.2) is 4.79 Å². The molecule has 0 saturated heterocycles. The molecule has 0 aliphatic carbocycles. The van der Waals surface area contributed by atoms with Crippen LogP contribution in [0.25, 0.3) is 33.1 Å². The highest BCUT2D eigenvalue weighted by Gasteiger charge is 2.39. The molecule has 1 atom stereocenters. The highest BCUT2D eigenvalue weighted by atomic mass is 31.2. The van der Waals surface area contributed by atoms with Crippen molar-refractivity contribution in [2.24, 2.45) is 0 Å². The van der Waals surface area contributed by atoms with Crippen molar-refractivity contribution >= 4 is 44.8 Å². The third-order valence-corrected chi connectivity index (χ3v) is 16.0. The number of benzene rings is 5. The van der Waals surface area contributed by atoms with Crippen molar-refractivity contribution in [3.05, 3.63) is 122 Å². The SMILES string of the molecule is Cc1cccc2c1OP(Oc1c(-c3cc(C(C)(C)C)cc(C(C)(C)C)c3Op3oc4c(C(C)(C)C)cc(C(C)(C)C)cc4c4cc(C(C)(C)C)cc(C(C)(C)C)c4o3)cc(C(C)(C)C)cc1C(C)(C)C)OC2=O. The minimum absolute atomic E-state index is 0.152. The summed E-state index contributed by atoms with van der Waals surface area (Å²) in [6.45, 7) is 55.8. The van der Waals surface area contributed by atoms with Gasteiger partial charge in [0.1, 0.15) is 34.0 Å². The van der Waals surface area contributed by atoms with Crippen LogP contribution in [0.2, 0.25) is 0 Å². The molecule has 1 aromatic heterocycles. The predicted molar refractivity (Wildman–Crippen MR) is 309 cm³/mol. The molecule has 0 bridgehead atoms. The van der Waals surface area contributed by atoms with Gasteiger partial charge in [0.05, 0.1) is 0 Å². The molecule has 9 heteroatoms. The summed E-state index contributed by atoms with van der Waals surface area (Å²) in [5.74, 6) is 1.20. The summed E-state index contributed by atoms with van der Waals surface area (Å²) < 4.78 is 42.5. The van der Waals surface area contributed by atoms with Crippen LogP contribution in [-0.2, 0) is 47.8 Å². The Kier molecular flexibility index (Phi) is 14.2. The second kappa shape index (κ2) is 18.5. The zero-order chi connectivity index (χ0) is 54.7. The van der Waals surface area contributed by atoms with Crippen LogP contribution in [0.15, 0.2) is 75.1 Å². The first-order valence-corrected chi connectivity index (χ1v) is 28.3. The molecule has 0 spiro atoms. The fraction of sp³-hybridized carbons (Fsp3) is 0.516. The number of para-hydroxylation sites is 1. The summed E-state index contributed by atoms with van der Waals surface area (Å²) in [6.07, 6.45) is 0. The second-order valence-corrected chi connectivity index (χ2v) is 30.8. The Morgan fingerprint density at radius 1 is 0.397 bits per heavy atom. The number of hydrogen-bond acceptors (Lipinski definition) is 7. The lowest BCUT2D eigenvalue weighted by Gasteiger charge is -2.33. The normalized spacial score (nSPS) is 15.3. The van der Waals surface area contributed by atoms with Crippen molar-refractivity contribution in [1.29, 1.82) is 0 Å². The molecule has 6 aromatic rings. The van der Waals surface area contributed by atoms with Crippen molar-refractivity contribution in [3.63, 3.8) is 0 Å². The summed E-state index contributed by atoms with van der Waals surface area (Å²) in [4.78, 5) is 13.7. The van der Waals surface area contributed by atoms with Gasteiger partial charge in [0.15, 0.2) is 0 Å². The van der Waals surface area contributed by atoms with Gasteiger partial charge in [-0.05, 0) is 108 Å². The highest BCUT2D eigenvalue weighted by Crippen LogP contribution is 2.57. The minimum atomic E-state index is -2.23. The smallest absolute Gasteiger partial charge is 0.407 e. The summed E-state index contributed by atoms with van der Waals surface area (Å²) in [5.41, 5.74) is 10.8. The molecule has 1 aliphatic heterocycles. The lowest BCUT2D eigenvalue weighted by Crippen LogP contribution is -2.21. The molecule has 1 unspecified atom stereocenters. The van der Waals surface area contributed by atoms with Crippen molar-refractivity contribution in [2.75, 3.05) is 0 Å². The average Bonchev–Trinajstić information content (AvgIpc) is 3.36. The third-order valence-electron chi connectivity index (χ3n) is 14.1. The summed E-state index contributed by atoms with van der Waals surface area (Å²) >= 11 is 0. The Balaban J connectivity index is 1.68. The number of rotatable bonds is 5. The monoisotopic (exact) mass is 1030 g/mol.